The highest BCUT2D eigenvalue weighted by Crippen LogP contribution is 2.23. The van der Waals surface area contributed by atoms with Crippen molar-refractivity contribution < 1.29 is 9.53 Å². The molecule has 0 amide bonds. The Kier molecular flexibility index (Phi) is 3.88. The third-order valence-corrected chi connectivity index (χ3v) is 2.19. The molecule has 1 unspecified atom stereocenters. The zero-order valence-corrected chi connectivity index (χ0v) is 10.1. The van der Waals surface area contributed by atoms with Gasteiger partial charge in [0.2, 0.25) is 0 Å². The van der Waals surface area contributed by atoms with Crippen LogP contribution in [0.3, 0.4) is 0 Å². The molecular weight excluding hydrogens is 200 g/mol. The molecule has 0 radical (unpaired) electrons. The Hall–Kier alpha value is -1.57. The van der Waals surface area contributed by atoms with Crippen LogP contribution < -0.4 is 0 Å². The molecule has 0 aliphatic heterocycles. The molecule has 1 aromatic rings. The highest BCUT2D eigenvalue weighted by Gasteiger charge is 2.25. The Bertz CT molecular complexity index is 360. The van der Waals surface area contributed by atoms with E-state index >= 15 is 0 Å². The summed E-state index contributed by atoms with van der Waals surface area (Å²) in [6, 6.07) is 9.59. The highest BCUT2D eigenvalue weighted by molar-refractivity contribution is 5.75. The second-order valence-corrected chi connectivity index (χ2v) is 4.72. The van der Waals surface area contributed by atoms with Crippen molar-refractivity contribution in [3.05, 3.63) is 48.6 Å². The summed E-state index contributed by atoms with van der Waals surface area (Å²) < 4.78 is 5.39. The fraction of sp³-hybridized carbons (Fsp3) is 0.357. The number of rotatable bonds is 3. The summed E-state index contributed by atoms with van der Waals surface area (Å²) in [6.45, 7) is 9.20. The molecule has 0 aliphatic carbocycles. The Labute approximate surface area is 96.9 Å². The Balaban J connectivity index is 2.79. The van der Waals surface area contributed by atoms with E-state index in [9.17, 15) is 4.79 Å². The lowest BCUT2D eigenvalue weighted by atomic mass is 9.97. The van der Waals surface area contributed by atoms with Crippen LogP contribution in [0.15, 0.2) is 43.0 Å². The lowest BCUT2D eigenvalue weighted by Crippen LogP contribution is -2.24. The van der Waals surface area contributed by atoms with Gasteiger partial charge in [0.05, 0.1) is 5.41 Å². The maximum Gasteiger partial charge on any atom is 0.312 e. The molecule has 0 aliphatic rings. The minimum Gasteiger partial charge on any atom is -0.453 e. The molecule has 16 heavy (non-hydrogen) atoms. The molecule has 0 fully saturated rings. The maximum absolute atomic E-state index is 11.7. The minimum atomic E-state index is -0.490. The first kappa shape index (κ1) is 12.5. The molecular formula is C14H18O2. The normalized spacial score (nSPS) is 12.9. The number of ether oxygens (including phenoxy) is 1. The number of carbonyl (C=O) groups is 1. The van der Waals surface area contributed by atoms with Crippen molar-refractivity contribution in [3.8, 4) is 0 Å². The minimum absolute atomic E-state index is 0.221. The third-order valence-electron chi connectivity index (χ3n) is 2.19. The summed E-state index contributed by atoms with van der Waals surface area (Å²) in [6.07, 6.45) is 1.27. The first-order valence-electron chi connectivity index (χ1n) is 5.33. The van der Waals surface area contributed by atoms with Gasteiger partial charge in [-0.05, 0) is 32.4 Å². The highest BCUT2D eigenvalue weighted by atomic mass is 16.5. The average Bonchev–Trinajstić information content (AvgIpc) is 2.25. The van der Waals surface area contributed by atoms with Gasteiger partial charge in [-0.2, -0.15) is 0 Å². The van der Waals surface area contributed by atoms with Crippen LogP contribution in [0.2, 0.25) is 0 Å². The van der Waals surface area contributed by atoms with Crippen LogP contribution >= 0.6 is 0 Å². The summed E-state index contributed by atoms with van der Waals surface area (Å²) in [7, 11) is 0. The molecule has 0 spiro atoms. The lowest BCUT2D eigenvalue weighted by molar-refractivity contribution is -0.156. The first-order valence-corrected chi connectivity index (χ1v) is 5.33. The predicted octanol–water partition coefficient (Wildman–Crippen LogP) is 3.50. The van der Waals surface area contributed by atoms with E-state index in [2.05, 4.69) is 6.58 Å². The first-order chi connectivity index (χ1) is 7.45. The van der Waals surface area contributed by atoms with Crippen LogP contribution in [0.5, 0.6) is 0 Å². The smallest absolute Gasteiger partial charge is 0.312 e. The SMILES string of the molecule is C=CC(OC(=O)C(C)(C)C)c1ccccc1. The van der Waals surface area contributed by atoms with E-state index < -0.39 is 5.41 Å². The lowest BCUT2D eigenvalue weighted by Gasteiger charge is -2.21. The molecule has 1 rings (SSSR count). The molecule has 2 nitrogen and oxygen atoms in total. The summed E-state index contributed by atoms with van der Waals surface area (Å²) >= 11 is 0. The van der Waals surface area contributed by atoms with E-state index in [-0.39, 0.29) is 12.1 Å². The fourth-order valence-electron chi connectivity index (χ4n) is 1.19. The predicted molar refractivity (Wildman–Crippen MR) is 64.9 cm³/mol. The third kappa shape index (κ3) is 3.23. The molecule has 1 atom stereocenters. The molecule has 0 aromatic heterocycles. The van der Waals surface area contributed by atoms with Crippen LogP contribution in [-0.4, -0.2) is 5.97 Å². The van der Waals surface area contributed by atoms with Gasteiger partial charge in [0.15, 0.2) is 0 Å². The Morgan fingerprint density at radius 1 is 1.31 bits per heavy atom. The largest absolute Gasteiger partial charge is 0.453 e. The van der Waals surface area contributed by atoms with E-state index in [0.29, 0.717) is 0 Å². The Morgan fingerprint density at radius 3 is 2.31 bits per heavy atom. The van der Waals surface area contributed by atoms with Gasteiger partial charge >= 0.3 is 5.97 Å². The van der Waals surface area contributed by atoms with Gasteiger partial charge in [-0.15, -0.1) is 0 Å². The molecule has 86 valence electrons. The standard InChI is InChI=1S/C14H18O2/c1-5-12(11-9-7-6-8-10-11)16-13(15)14(2,3)4/h5-10,12H,1H2,2-4H3. The zero-order chi connectivity index (χ0) is 12.2. The van der Waals surface area contributed by atoms with Crippen molar-refractivity contribution >= 4 is 5.97 Å². The molecule has 0 saturated heterocycles. The van der Waals surface area contributed by atoms with E-state index in [1.807, 2.05) is 51.1 Å². The van der Waals surface area contributed by atoms with Gasteiger partial charge in [-0.3, -0.25) is 4.79 Å². The Morgan fingerprint density at radius 2 is 1.88 bits per heavy atom. The molecule has 0 saturated carbocycles. The van der Waals surface area contributed by atoms with Crippen molar-refractivity contribution in [1.82, 2.24) is 0 Å². The van der Waals surface area contributed by atoms with E-state index in [1.54, 1.807) is 6.08 Å². The van der Waals surface area contributed by atoms with Crippen LogP contribution in [-0.2, 0) is 9.53 Å². The topological polar surface area (TPSA) is 26.3 Å². The van der Waals surface area contributed by atoms with Gasteiger partial charge in [0, 0.05) is 0 Å². The van der Waals surface area contributed by atoms with Crippen LogP contribution in [0.1, 0.15) is 32.4 Å². The maximum atomic E-state index is 11.7. The van der Waals surface area contributed by atoms with E-state index in [4.69, 9.17) is 4.74 Å². The number of carbonyl (C=O) groups excluding carboxylic acids is 1. The summed E-state index contributed by atoms with van der Waals surface area (Å²) in [4.78, 5) is 11.7. The molecule has 0 heterocycles. The quantitative estimate of drug-likeness (QED) is 0.573. The number of hydrogen-bond acceptors (Lipinski definition) is 2. The monoisotopic (exact) mass is 218 g/mol. The fourth-order valence-corrected chi connectivity index (χ4v) is 1.19. The van der Waals surface area contributed by atoms with Gasteiger partial charge < -0.3 is 4.74 Å². The van der Waals surface area contributed by atoms with Crippen molar-refractivity contribution in [2.24, 2.45) is 5.41 Å². The van der Waals surface area contributed by atoms with E-state index in [1.165, 1.54) is 0 Å². The van der Waals surface area contributed by atoms with Gasteiger partial charge in [-0.1, -0.05) is 36.9 Å². The second-order valence-electron chi connectivity index (χ2n) is 4.72. The van der Waals surface area contributed by atoms with Crippen LogP contribution in [0.25, 0.3) is 0 Å². The van der Waals surface area contributed by atoms with Gasteiger partial charge in [0.1, 0.15) is 6.10 Å². The molecule has 0 bridgehead atoms. The van der Waals surface area contributed by atoms with Gasteiger partial charge in [-0.25, -0.2) is 0 Å². The molecule has 1 aromatic carbocycles. The van der Waals surface area contributed by atoms with Crippen molar-refractivity contribution in [2.45, 2.75) is 26.9 Å². The second kappa shape index (κ2) is 4.97. The number of hydrogen-bond donors (Lipinski definition) is 0. The van der Waals surface area contributed by atoms with Crippen molar-refractivity contribution in [3.63, 3.8) is 0 Å². The number of esters is 1. The van der Waals surface area contributed by atoms with Crippen LogP contribution in [0, 0.1) is 5.41 Å². The van der Waals surface area contributed by atoms with Crippen LogP contribution in [0.4, 0.5) is 0 Å². The van der Waals surface area contributed by atoms with Crippen molar-refractivity contribution in [2.75, 3.05) is 0 Å². The summed E-state index contributed by atoms with van der Waals surface area (Å²) in [5.41, 5.74) is 0.450. The summed E-state index contributed by atoms with van der Waals surface area (Å²) in [5, 5.41) is 0. The molecule has 2 heteroatoms. The van der Waals surface area contributed by atoms with Gasteiger partial charge in [0.25, 0.3) is 0 Å². The average molecular weight is 218 g/mol. The molecule has 0 N–H and O–H groups in total. The van der Waals surface area contributed by atoms with E-state index in [0.717, 1.165) is 5.56 Å². The van der Waals surface area contributed by atoms with Crippen molar-refractivity contribution in [1.29, 1.82) is 0 Å². The summed E-state index contributed by atoms with van der Waals surface area (Å²) in [5.74, 6) is -0.221. The zero-order valence-electron chi connectivity index (χ0n) is 10.1. The number of benzene rings is 1.